The second kappa shape index (κ2) is 11.6. The molecule has 4 aromatic rings. The monoisotopic (exact) mass is 426 g/mol. The number of hydrogen-bond acceptors (Lipinski definition) is 2. The van der Waals surface area contributed by atoms with Gasteiger partial charge in [0.2, 0.25) is 0 Å². The maximum Gasteiger partial charge on any atom is 0.156 e. The first-order valence-corrected chi connectivity index (χ1v) is 11.4. The van der Waals surface area contributed by atoms with Crippen molar-refractivity contribution in [1.29, 1.82) is 0 Å². The van der Waals surface area contributed by atoms with Crippen LogP contribution in [0.4, 0.5) is 0 Å². The molecule has 31 heavy (non-hydrogen) atoms. The van der Waals surface area contributed by atoms with Gasteiger partial charge in [-0.05, 0) is 22.3 Å². The first-order valence-electron chi connectivity index (χ1n) is 10.6. The molecule has 0 aromatic heterocycles. The Morgan fingerprint density at radius 3 is 1.13 bits per heavy atom. The maximum absolute atomic E-state index is 6.33. The summed E-state index contributed by atoms with van der Waals surface area (Å²) in [5.41, 5.74) is 4.85. The minimum absolute atomic E-state index is 0.0462. The van der Waals surface area contributed by atoms with Crippen LogP contribution in [-0.4, -0.2) is 0 Å². The van der Waals surface area contributed by atoms with E-state index < -0.39 is 0 Å². The van der Waals surface area contributed by atoms with Crippen molar-refractivity contribution in [3.8, 4) is 0 Å². The average Bonchev–Trinajstić information content (AvgIpc) is 2.85. The molecule has 156 valence electrons. The lowest BCUT2D eigenvalue weighted by molar-refractivity contribution is 0.157. The molecule has 2 unspecified atom stereocenters. The van der Waals surface area contributed by atoms with Crippen molar-refractivity contribution in [3.63, 3.8) is 0 Å². The SMILES string of the molecule is c1ccc(CC(OPOC(Cc2ccccc2)c2ccccc2)c2ccccc2)cc1. The Bertz CT molecular complexity index is 923. The predicted molar refractivity (Wildman–Crippen MR) is 129 cm³/mol. The molecule has 0 fully saturated rings. The van der Waals surface area contributed by atoms with Gasteiger partial charge in [0.05, 0.1) is 12.2 Å². The summed E-state index contributed by atoms with van der Waals surface area (Å²) in [6.07, 6.45) is 1.54. The molecule has 0 N–H and O–H groups in total. The highest BCUT2D eigenvalue weighted by atomic mass is 31.1. The highest BCUT2D eigenvalue weighted by molar-refractivity contribution is 7.26. The fraction of sp³-hybridized carbons (Fsp3) is 0.143. The first-order chi connectivity index (χ1) is 15.4. The summed E-state index contributed by atoms with van der Waals surface area (Å²) in [6.45, 7) is 0. The van der Waals surface area contributed by atoms with Crippen molar-refractivity contribution in [1.82, 2.24) is 0 Å². The quantitative estimate of drug-likeness (QED) is 0.245. The van der Waals surface area contributed by atoms with Crippen LogP contribution in [0.3, 0.4) is 0 Å². The van der Waals surface area contributed by atoms with Gasteiger partial charge in [0, 0.05) is 12.8 Å². The number of rotatable bonds is 10. The lowest BCUT2D eigenvalue weighted by Crippen LogP contribution is -2.07. The molecule has 0 bridgehead atoms. The molecule has 0 saturated carbocycles. The Balaban J connectivity index is 1.45. The molecule has 0 aliphatic carbocycles. The second-order valence-electron chi connectivity index (χ2n) is 7.50. The zero-order chi connectivity index (χ0) is 21.1. The third-order valence-electron chi connectivity index (χ3n) is 5.25. The first kappa shape index (κ1) is 21.5. The Hall–Kier alpha value is -2.77. The van der Waals surface area contributed by atoms with Gasteiger partial charge in [-0.3, -0.25) is 0 Å². The standard InChI is InChI=1S/C28H27O2P/c1-5-13-23(14-6-1)21-27(25-17-9-3-10-18-25)29-31-30-28(26-19-11-4-12-20-26)22-24-15-7-2-8-16-24/h1-20,27-28,31H,21-22H2. The Morgan fingerprint density at radius 2 is 0.774 bits per heavy atom. The van der Waals surface area contributed by atoms with Crippen molar-refractivity contribution in [2.75, 3.05) is 0 Å². The van der Waals surface area contributed by atoms with E-state index in [4.69, 9.17) is 9.05 Å². The second-order valence-corrected chi connectivity index (χ2v) is 8.14. The van der Waals surface area contributed by atoms with Crippen LogP contribution in [0.1, 0.15) is 34.5 Å². The molecular formula is C28H27O2P. The van der Waals surface area contributed by atoms with Crippen LogP contribution in [0.2, 0.25) is 0 Å². The van der Waals surface area contributed by atoms with E-state index in [1.807, 2.05) is 24.3 Å². The lowest BCUT2D eigenvalue weighted by atomic mass is 10.0. The molecule has 0 radical (unpaired) electrons. The van der Waals surface area contributed by atoms with E-state index >= 15 is 0 Å². The smallest absolute Gasteiger partial charge is 0.156 e. The summed E-state index contributed by atoms with van der Waals surface area (Å²) < 4.78 is 12.7. The zero-order valence-corrected chi connectivity index (χ0v) is 18.4. The molecule has 0 heterocycles. The molecule has 4 rings (SSSR count). The van der Waals surface area contributed by atoms with E-state index in [1.54, 1.807) is 0 Å². The predicted octanol–water partition coefficient (Wildman–Crippen LogP) is 7.50. The summed E-state index contributed by atoms with van der Waals surface area (Å²) in [6, 6.07) is 41.7. The molecule has 2 nitrogen and oxygen atoms in total. The van der Waals surface area contributed by atoms with Crippen LogP contribution in [0.5, 0.6) is 0 Å². The van der Waals surface area contributed by atoms with Gasteiger partial charge in [0.1, 0.15) is 0 Å². The van der Waals surface area contributed by atoms with Crippen molar-refractivity contribution in [2.45, 2.75) is 25.0 Å². The molecule has 3 heteroatoms. The number of hydrogen-bond donors (Lipinski definition) is 0. The largest absolute Gasteiger partial charge is 0.328 e. The Kier molecular flexibility index (Phi) is 8.01. The van der Waals surface area contributed by atoms with Gasteiger partial charge in [-0.25, -0.2) is 0 Å². The van der Waals surface area contributed by atoms with E-state index in [-0.39, 0.29) is 21.2 Å². The average molecular weight is 426 g/mol. The molecule has 0 aliphatic heterocycles. The van der Waals surface area contributed by atoms with Crippen LogP contribution < -0.4 is 0 Å². The Morgan fingerprint density at radius 1 is 0.452 bits per heavy atom. The van der Waals surface area contributed by atoms with Crippen molar-refractivity contribution in [2.24, 2.45) is 0 Å². The summed E-state index contributed by atoms with van der Waals surface area (Å²) in [7, 11) is -0.0527. The highest BCUT2D eigenvalue weighted by Gasteiger charge is 2.17. The molecule has 2 atom stereocenters. The summed E-state index contributed by atoms with van der Waals surface area (Å²) in [5, 5.41) is 0. The minimum atomic E-state index is -0.0527. The van der Waals surface area contributed by atoms with Gasteiger partial charge in [-0.15, -0.1) is 0 Å². The van der Waals surface area contributed by atoms with Crippen LogP contribution in [0.15, 0.2) is 121 Å². The van der Waals surface area contributed by atoms with Crippen LogP contribution in [-0.2, 0) is 21.9 Å². The third kappa shape index (κ3) is 6.60. The molecular weight excluding hydrogens is 399 g/mol. The lowest BCUT2D eigenvalue weighted by Gasteiger charge is -2.22. The number of benzene rings is 4. The normalized spacial score (nSPS) is 13.3. The Labute approximate surface area is 186 Å². The minimum Gasteiger partial charge on any atom is -0.328 e. The fourth-order valence-electron chi connectivity index (χ4n) is 3.59. The van der Waals surface area contributed by atoms with Crippen molar-refractivity contribution >= 4 is 9.03 Å². The van der Waals surface area contributed by atoms with E-state index in [0.717, 1.165) is 12.8 Å². The van der Waals surface area contributed by atoms with E-state index in [1.165, 1.54) is 22.3 Å². The van der Waals surface area contributed by atoms with Crippen molar-refractivity contribution in [3.05, 3.63) is 144 Å². The van der Waals surface area contributed by atoms with Crippen LogP contribution in [0.25, 0.3) is 0 Å². The fourth-order valence-corrected chi connectivity index (χ4v) is 4.32. The van der Waals surface area contributed by atoms with Gasteiger partial charge in [0.15, 0.2) is 9.03 Å². The molecule has 0 spiro atoms. The van der Waals surface area contributed by atoms with Crippen LogP contribution in [0, 0.1) is 0 Å². The summed E-state index contributed by atoms with van der Waals surface area (Å²) in [5.74, 6) is 0. The van der Waals surface area contributed by atoms with Gasteiger partial charge in [-0.1, -0.05) is 121 Å². The van der Waals surface area contributed by atoms with E-state index in [9.17, 15) is 0 Å². The summed E-state index contributed by atoms with van der Waals surface area (Å²) >= 11 is 0. The van der Waals surface area contributed by atoms with Gasteiger partial charge >= 0.3 is 0 Å². The van der Waals surface area contributed by atoms with E-state index in [2.05, 4.69) is 97.1 Å². The van der Waals surface area contributed by atoms with Crippen molar-refractivity contribution < 1.29 is 9.05 Å². The zero-order valence-electron chi connectivity index (χ0n) is 17.4. The van der Waals surface area contributed by atoms with Crippen LogP contribution >= 0.6 is 9.03 Å². The van der Waals surface area contributed by atoms with Gasteiger partial charge in [0.25, 0.3) is 0 Å². The molecule has 0 saturated heterocycles. The van der Waals surface area contributed by atoms with E-state index in [0.29, 0.717) is 0 Å². The topological polar surface area (TPSA) is 18.5 Å². The molecule has 4 aromatic carbocycles. The molecule has 0 aliphatic rings. The summed E-state index contributed by atoms with van der Waals surface area (Å²) in [4.78, 5) is 0. The van der Waals surface area contributed by atoms with Gasteiger partial charge in [-0.2, -0.15) is 0 Å². The highest BCUT2D eigenvalue weighted by Crippen LogP contribution is 2.36. The van der Waals surface area contributed by atoms with Gasteiger partial charge < -0.3 is 9.05 Å². The third-order valence-corrected chi connectivity index (χ3v) is 6.01. The maximum atomic E-state index is 6.33. The molecule has 0 amide bonds.